The number of guanidine groups is 1. The lowest BCUT2D eigenvalue weighted by Gasteiger charge is -2.17. The Labute approximate surface area is 154 Å². The van der Waals surface area contributed by atoms with Gasteiger partial charge in [-0.25, -0.2) is 10.1 Å². The maximum absolute atomic E-state index is 12.1. The Morgan fingerprint density at radius 2 is 1.96 bits per heavy atom. The number of nitrogens with zero attached hydrogens (tertiary/aromatic N) is 3. The van der Waals surface area contributed by atoms with Gasteiger partial charge in [0.15, 0.2) is 6.61 Å². The third-order valence-electron chi connectivity index (χ3n) is 3.56. The first-order valence-electron chi connectivity index (χ1n) is 7.52. The van der Waals surface area contributed by atoms with Crippen molar-refractivity contribution in [2.75, 3.05) is 20.2 Å². The largest absolute Gasteiger partial charge is 0.616 e. The quantitative estimate of drug-likeness (QED) is 0.635. The lowest BCUT2D eigenvalue weighted by molar-refractivity contribution is -0.623. The number of aliphatic imine (C=N–C) groups is 1. The number of methoxy groups -OCH3 is 1. The fraction of sp³-hybridized carbons (Fsp3) is 0.250. The van der Waals surface area contributed by atoms with Gasteiger partial charge in [-0.3, -0.25) is 4.84 Å². The first-order valence-corrected chi connectivity index (χ1v) is 8.28. The van der Waals surface area contributed by atoms with Gasteiger partial charge in [0.25, 0.3) is 0 Å². The number of pyridine rings is 1. The van der Waals surface area contributed by atoms with Crippen LogP contribution in [0.4, 0.5) is 5.69 Å². The highest BCUT2D eigenvalue weighted by Crippen LogP contribution is 2.33. The molecule has 3 rings (SSSR count). The van der Waals surface area contributed by atoms with Gasteiger partial charge >= 0.3 is 5.88 Å². The van der Waals surface area contributed by atoms with E-state index >= 15 is 0 Å². The molecule has 2 aromatic rings. The summed E-state index contributed by atoms with van der Waals surface area (Å²) in [6.07, 6.45) is 0. The first-order chi connectivity index (χ1) is 12.1. The van der Waals surface area contributed by atoms with E-state index in [0.29, 0.717) is 45.2 Å². The average Bonchev–Trinajstić information content (AvgIpc) is 3.04. The molecule has 1 aliphatic rings. The van der Waals surface area contributed by atoms with Crippen molar-refractivity contribution in [2.45, 2.75) is 6.61 Å². The van der Waals surface area contributed by atoms with Gasteiger partial charge in [-0.05, 0) is 18.2 Å². The number of halogens is 2. The normalized spacial score (nSPS) is 15.5. The molecule has 7 nitrogen and oxygen atoms in total. The monoisotopic (exact) mass is 382 g/mol. The minimum absolute atomic E-state index is 0.0671. The zero-order valence-electron chi connectivity index (χ0n) is 13.4. The molecule has 1 aromatic heterocycles. The van der Waals surface area contributed by atoms with Crippen LogP contribution in [0.25, 0.3) is 0 Å². The Balaban J connectivity index is 1.76. The molecule has 1 fully saturated rings. The highest BCUT2D eigenvalue weighted by molar-refractivity contribution is 6.38. The molecule has 0 spiro atoms. The van der Waals surface area contributed by atoms with Gasteiger partial charge in [0.1, 0.15) is 5.69 Å². The van der Waals surface area contributed by atoms with Crippen LogP contribution in [-0.4, -0.2) is 31.2 Å². The fourth-order valence-corrected chi connectivity index (χ4v) is 2.79. The van der Waals surface area contributed by atoms with Crippen LogP contribution in [-0.2, 0) is 11.4 Å². The third-order valence-corrected chi connectivity index (χ3v) is 4.17. The second-order valence-electron chi connectivity index (χ2n) is 5.16. The number of hydrogen-bond acceptors (Lipinski definition) is 4. The summed E-state index contributed by atoms with van der Waals surface area (Å²) in [5.41, 5.74) is 0.880. The smallest absolute Gasteiger partial charge is 0.379 e. The summed E-state index contributed by atoms with van der Waals surface area (Å²) in [7, 11) is 1.44. The van der Waals surface area contributed by atoms with Crippen LogP contribution in [0, 0.1) is 5.21 Å². The third kappa shape index (κ3) is 3.89. The van der Waals surface area contributed by atoms with E-state index in [2.05, 4.69) is 10.3 Å². The molecule has 2 heterocycles. The molecule has 0 radical (unpaired) electrons. The summed E-state index contributed by atoms with van der Waals surface area (Å²) in [6.45, 7) is 1.29. The predicted octanol–water partition coefficient (Wildman–Crippen LogP) is 2.66. The van der Waals surface area contributed by atoms with Crippen LogP contribution in [0.3, 0.4) is 0 Å². The molecule has 1 saturated heterocycles. The number of ether oxygens (including phenoxy) is 1. The number of hydrogen-bond donors (Lipinski definition) is 1. The number of nitrogens with one attached hydrogen (secondary N) is 1. The van der Waals surface area contributed by atoms with E-state index in [1.807, 2.05) is 0 Å². The summed E-state index contributed by atoms with van der Waals surface area (Å²) in [4.78, 5) is 10.2. The first kappa shape index (κ1) is 17.6. The van der Waals surface area contributed by atoms with Gasteiger partial charge < -0.3 is 15.3 Å². The van der Waals surface area contributed by atoms with Gasteiger partial charge in [0.05, 0.1) is 29.8 Å². The van der Waals surface area contributed by atoms with Crippen molar-refractivity contribution >= 4 is 34.8 Å². The van der Waals surface area contributed by atoms with Gasteiger partial charge in [-0.1, -0.05) is 29.3 Å². The van der Waals surface area contributed by atoms with Crippen LogP contribution in [0.5, 0.6) is 5.88 Å². The van der Waals surface area contributed by atoms with E-state index in [1.165, 1.54) is 7.11 Å². The Bertz CT molecular complexity index is 781. The number of para-hydroxylation sites is 1. The van der Waals surface area contributed by atoms with Gasteiger partial charge in [-0.15, -0.1) is 4.73 Å². The molecule has 0 amide bonds. The Kier molecular flexibility index (Phi) is 5.47. The average molecular weight is 383 g/mol. The maximum atomic E-state index is 12.1. The maximum Gasteiger partial charge on any atom is 0.379 e. The second kappa shape index (κ2) is 7.77. The molecule has 0 aliphatic carbocycles. The van der Waals surface area contributed by atoms with E-state index < -0.39 is 0 Å². The SMILES string of the molecule is COc1cccc(CON2CCN/C2=N\c2c(Cl)cccc2Cl)[n+]1[O-]. The molecular weight excluding hydrogens is 367 g/mol. The van der Waals surface area contributed by atoms with E-state index in [-0.39, 0.29) is 12.5 Å². The van der Waals surface area contributed by atoms with E-state index in [9.17, 15) is 5.21 Å². The Morgan fingerprint density at radius 1 is 1.24 bits per heavy atom. The molecular formula is C16H16Cl2N4O3. The van der Waals surface area contributed by atoms with Crippen molar-refractivity contribution < 1.29 is 14.3 Å². The van der Waals surface area contributed by atoms with Crippen molar-refractivity contribution in [3.63, 3.8) is 0 Å². The zero-order chi connectivity index (χ0) is 17.8. The van der Waals surface area contributed by atoms with Crippen LogP contribution in [0.2, 0.25) is 10.0 Å². The molecule has 25 heavy (non-hydrogen) atoms. The lowest BCUT2D eigenvalue weighted by Crippen LogP contribution is -2.36. The van der Waals surface area contributed by atoms with E-state index in [4.69, 9.17) is 32.8 Å². The number of aromatic nitrogens is 1. The van der Waals surface area contributed by atoms with E-state index in [0.717, 1.165) is 0 Å². The second-order valence-corrected chi connectivity index (χ2v) is 5.98. The molecule has 9 heteroatoms. The van der Waals surface area contributed by atoms with Crippen LogP contribution < -0.4 is 14.8 Å². The molecule has 0 saturated carbocycles. The summed E-state index contributed by atoms with van der Waals surface area (Å²) in [6, 6.07) is 10.2. The van der Waals surface area contributed by atoms with Crippen LogP contribution in [0.1, 0.15) is 5.69 Å². The summed E-state index contributed by atoms with van der Waals surface area (Å²) >= 11 is 12.3. The molecule has 1 N–H and O–H groups in total. The molecule has 1 aromatic carbocycles. The molecule has 0 atom stereocenters. The van der Waals surface area contributed by atoms with E-state index in [1.54, 1.807) is 41.5 Å². The topological polar surface area (TPSA) is 73.0 Å². The Hall–Kier alpha value is -2.22. The van der Waals surface area contributed by atoms with Crippen LogP contribution >= 0.6 is 23.2 Å². The predicted molar refractivity (Wildman–Crippen MR) is 95.0 cm³/mol. The van der Waals surface area contributed by atoms with Gasteiger partial charge in [0, 0.05) is 12.6 Å². The number of rotatable bonds is 5. The summed E-state index contributed by atoms with van der Waals surface area (Å²) < 4.78 is 5.69. The highest BCUT2D eigenvalue weighted by atomic mass is 35.5. The van der Waals surface area contributed by atoms with Crippen molar-refractivity contribution in [1.82, 2.24) is 10.4 Å². The van der Waals surface area contributed by atoms with Crippen molar-refractivity contribution in [3.8, 4) is 5.88 Å². The number of benzene rings is 1. The minimum atomic E-state index is 0.0671. The summed E-state index contributed by atoms with van der Waals surface area (Å²) in [5.74, 6) is 0.688. The summed E-state index contributed by atoms with van der Waals surface area (Å²) in [5, 5.41) is 17.6. The van der Waals surface area contributed by atoms with Crippen molar-refractivity contribution in [2.24, 2.45) is 4.99 Å². The molecule has 0 bridgehead atoms. The Morgan fingerprint density at radius 3 is 2.68 bits per heavy atom. The lowest BCUT2D eigenvalue weighted by atomic mass is 10.3. The standard InChI is InChI=1S/C16H16Cl2N4O3/c1-24-14-7-2-4-11(22(14)23)10-25-21-9-8-19-16(21)20-15-12(17)5-3-6-13(15)18/h2-7H,8-10H2,1H3,(H,19,20). The minimum Gasteiger partial charge on any atom is -0.616 e. The van der Waals surface area contributed by atoms with Gasteiger partial charge in [-0.2, -0.15) is 0 Å². The van der Waals surface area contributed by atoms with Gasteiger partial charge in [0.2, 0.25) is 11.7 Å². The zero-order valence-corrected chi connectivity index (χ0v) is 14.9. The highest BCUT2D eigenvalue weighted by Gasteiger charge is 2.22. The fourth-order valence-electron chi connectivity index (χ4n) is 2.31. The van der Waals surface area contributed by atoms with Crippen LogP contribution in [0.15, 0.2) is 41.4 Å². The molecule has 1 aliphatic heterocycles. The van der Waals surface area contributed by atoms with Crippen molar-refractivity contribution in [3.05, 3.63) is 57.3 Å². The van der Waals surface area contributed by atoms with Crippen molar-refractivity contribution in [1.29, 1.82) is 0 Å². The molecule has 0 unspecified atom stereocenters. The molecule has 132 valence electrons. The number of hydroxylamine groups is 2.